The molecule has 0 unspecified atom stereocenters. The van der Waals surface area contributed by atoms with Crippen molar-refractivity contribution in [3.63, 3.8) is 0 Å². The van der Waals surface area contributed by atoms with Crippen LogP contribution < -0.4 is 10.5 Å². The number of amides is 1. The summed E-state index contributed by atoms with van der Waals surface area (Å²) in [5, 5.41) is 10.7. The molecule has 1 amide bonds. The summed E-state index contributed by atoms with van der Waals surface area (Å²) in [5.74, 6) is -1.14. The summed E-state index contributed by atoms with van der Waals surface area (Å²) < 4.78 is 5.52. The van der Waals surface area contributed by atoms with Crippen LogP contribution in [-0.4, -0.2) is 17.0 Å². The van der Waals surface area contributed by atoms with Gasteiger partial charge in [0.15, 0.2) is 4.88 Å². The van der Waals surface area contributed by atoms with Crippen molar-refractivity contribution >= 4 is 23.2 Å². The number of ether oxygens (including phenoxy) is 1. The molecule has 20 heavy (non-hydrogen) atoms. The molecule has 6 heteroatoms. The minimum atomic E-state index is -1.00. The number of hydrogen-bond acceptors (Lipinski definition) is 4. The van der Waals surface area contributed by atoms with Gasteiger partial charge in [-0.2, -0.15) is 0 Å². The highest BCUT2D eigenvalue weighted by Crippen LogP contribution is 2.26. The summed E-state index contributed by atoms with van der Waals surface area (Å²) in [7, 11) is 0. The van der Waals surface area contributed by atoms with Crippen molar-refractivity contribution < 1.29 is 19.4 Å². The highest BCUT2D eigenvalue weighted by Gasteiger charge is 2.13. The molecule has 3 N–H and O–H groups in total. The molecule has 0 saturated carbocycles. The van der Waals surface area contributed by atoms with E-state index in [0.29, 0.717) is 11.3 Å². The number of carboxylic acid groups (broad SMARTS) is 1. The van der Waals surface area contributed by atoms with E-state index in [0.717, 1.165) is 22.5 Å². The van der Waals surface area contributed by atoms with Gasteiger partial charge in [0.2, 0.25) is 5.91 Å². The Morgan fingerprint density at radius 3 is 2.70 bits per heavy atom. The van der Waals surface area contributed by atoms with Gasteiger partial charge in [-0.25, -0.2) is 4.79 Å². The molecule has 0 aliphatic heterocycles. The second kappa shape index (κ2) is 5.75. The monoisotopic (exact) mass is 291 g/mol. The average molecular weight is 291 g/mol. The summed E-state index contributed by atoms with van der Waals surface area (Å²) in [4.78, 5) is 22.2. The van der Waals surface area contributed by atoms with Crippen LogP contribution in [0.15, 0.2) is 29.6 Å². The van der Waals surface area contributed by atoms with Crippen molar-refractivity contribution in [2.75, 3.05) is 0 Å². The number of carbonyl (C=O) groups excluding carboxylic acids is 1. The van der Waals surface area contributed by atoms with Crippen LogP contribution in [0.4, 0.5) is 0 Å². The molecule has 1 aromatic carbocycles. The van der Waals surface area contributed by atoms with Crippen molar-refractivity contribution in [2.24, 2.45) is 5.73 Å². The van der Waals surface area contributed by atoms with Gasteiger partial charge in [0.25, 0.3) is 0 Å². The predicted octanol–water partition coefficient (Wildman–Crippen LogP) is 2.43. The number of aromatic carboxylic acids is 1. The number of nitrogens with two attached hydrogens (primary N) is 1. The largest absolute Gasteiger partial charge is 0.487 e. The lowest BCUT2D eigenvalue weighted by molar-refractivity contribution is 0.0697. The van der Waals surface area contributed by atoms with Crippen LogP contribution in [0, 0.1) is 6.92 Å². The van der Waals surface area contributed by atoms with Crippen LogP contribution in [0.5, 0.6) is 5.75 Å². The van der Waals surface area contributed by atoms with E-state index >= 15 is 0 Å². The maximum absolute atomic E-state index is 11.1. The third-order valence-corrected chi connectivity index (χ3v) is 3.72. The van der Waals surface area contributed by atoms with Crippen molar-refractivity contribution in [1.29, 1.82) is 0 Å². The number of hydrogen-bond donors (Lipinski definition) is 2. The molecule has 0 bridgehead atoms. The molecule has 104 valence electrons. The van der Waals surface area contributed by atoms with Crippen LogP contribution in [0.1, 0.15) is 31.2 Å². The molecule has 2 rings (SSSR count). The van der Waals surface area contributed by atoms with Crippen molar-refractivity contribution in [2.45, 2.75) is 13.5 Å². The van der Waals surface area contributed by atoms with E-state index in [1.54, 1.807) is 29.6 Å². The maximum atomic E-state index is 11.1. The molecular formula is C14H13NO4S. The second-order valence-electron chi connectivity index (χ2n) is 4.21. The number of thiophene rings is 1. The first-order valence-electron chi connectivity index (χ1n) is 5.82. The summed E-state index contributed by atoms with van der Waals surface area (Å²) in [5.41, 5.74) is 7.38. The molecule has 2 aromatic rings. The first-order chi connectivity index (χ1) is 9.49. The predicted molar refractivity (Wildman–Crippen MR) is 75.3 cm³/mol. The molecule has 1 aromatic heterocycles. The van der Waals surface area contributed by atoms with E-state index < -0.39 is 11.9 Å². The smallest absolute Gasteiger partial charge is 0.349 e. The topological polar surface area (TPSA) is 89.6 Å². The number of rotatable bonds is 5. The lowest BCUT2D eigenvalue weighted by atomic mass is 10.1. The molecule has 0 aliphatic carbocycles. The number of carboxylic acids is 1. The summed E-state index contributed by atoms with van der Waals surface area (Å²) in [6, 6.07) is 6.69. The fourth-order valence-electron chi connectivity index (χ4n) is 1.73. The fraction of sp³-hybridized carbons (Fsp3) is 0.143. The Labute approximate surface area is 119 Å². The fourth-order valence-corrected chi connectivity index (χ4v) is 2.41. The van der Waals surface area contributed by atoms with Crippen LogP contribution in [-0.2, 0) is 6.61 Å². The van der Waals surface area contributed by atoms with Gasteiger partial charge < -0.3 is 15.6 Å². The molecule has 0 saturated heterocycles. The van der Waals surface area contributed by atoms with Crippen LogP contribution in [0.25, 0.3) is 0 Å². The van der Waals surface area contributed by atoms with Crippen molar-refractivity contribution in [3.05, 3.63) is 51.2 Å². The average Bonchev–Trinajstić information content (AvgIpc) is 2.85. The van der Waals surface area contributed by atoms with Gasteiger partial charge in [-0.3, -0.25) is 4.79 Å². The zero-order chi connectivity index (χ0) is 14.7. The molecule has 1 heterocycles. The van der Waals surface area contributed by atoms with E-state index in [2.05, 4.69) is 0 Å². The lowest BCUT2D eigenvalue weighted by Crippen LogP contribution is -2.11. The van der Waals surface area contributed by atoms with E-state index in [-0.39, 0.29) is 11.5 Å². The zero-order valence-electron chi connectivity index (χ0n) is 10.8. The molecular weight excluding hydrogens is 278 g/mol. The van der Waals surface area contributed by atoms with Crippen molar-refractivity contribution in [1.82, 2.24) is 0 Å². The highest BCUT2D eigenvalue weighted by molar-refractivity contribution is 7.12. The Kier molecular flexibility index (Phi) is 4.05. The minimum absolute atomic E-state index is 0.177. The number of benzene rings is 1. The summed E-state index contributed by atoms with van der Waals surface area (Å²) in [6.07, 6.45) is 0. The SMILES string of the molecule is Cc1cc(C(N)=O)ccc1COc1ccsc1C(=O)O. The van der Waals surface area contributed by atoms with E-state index in [9.17, 15) is 9.59 Å². The zero-order valence-corrected chi connectivity index (χ0v) is 11.6. The third-order valence-electron chi connectivity index (χ3n) is 2.83. The van der Waals surface area contributed by atoms with E-state index in [1.807, 2.05) is 6.92 Å². The van der Waals surface area contributed by atoms with E-state index in [1.165, 1.54) is 0 Å². The highest BCUT2D eigenvalue weighted by atomic mass is 32.1. The van der Waals surface area contributed by atoms with Crippen molar-refractivity contribution in [3.8, 4) is 5.75 Å². The van der Waals surface area contributed by atoms with Gasteiger partial charge in [-0.15, -0.1) is 11.3 Å². The Morgan fingerprint density at radius 2 is 2.10 bits per heavy atom. The maximum Gasteiger partial charge on any atom is 0.349 e. The standard InChI is InChI=1S/C14H13NO4S/c1-8-6-9(13(15)16)2-3-10(8)7-19-11-4-5-20-12(11)14(17)18/h2-6H,7H2,1H3,(H2,15,16)(H,17,18). The van der Waals surface area contributed by atoms with Gasteiger partial charge in [0, 0.05) is 5.56 Å². The quantitative estimate of drug-likeness (QED) is 0.885. The van der Waals surface area contributed by atoms with Gasteiger partial charge in [-0.1, -0.05) is 6.07 Å². The number of aryl methyl sites for hydroxylation is 1. The molecule has 0 atom stereocenters. The molecule has 0 aliphatic rings. The Bertz CT molecular complexity index is 663. The number of primary amides is 1. The molecule has 5 nitrogen and oxygen atoms in total. The van der Waals surface area contributed by atoms with Gasteiger partial charge >= 0.3 is 5.97 Å². The Hall–Kier alpha value is -2.34. The third kappa shape index (κ3) is 2.97. The van der Waals surface area contributed by atoms with Gasteiger partial charge in [-0.05, 0) is 41.6 Å². The normalized spacial score (nSPS) is 10.2. The summed E-state index contributed by atoms with van der Waals surface area (Å²) in [6.45, 7) is 2.08. The first-order valence-corrected chi connectivity index (χ1v) is 6.70. The minimum Gasteiger partial charge on any atom is -0.487 e. The second-order valence-corrected chi connectivity index (χ2v) is 5.13. The molecule has 0 spiro atoms. The van der Waals surface area contributed by atoms with E-state index in [4.69, 9.17) is 15.6 Å². The first kappa shape index (κ1) is 14.1. The van der Waals surface area contributed by atoms with Gasteiger partial charge in [0.05, 0.1) is 0 Å². The lowest BCUT2D eigenvalue weighted by Gasteiger charge is -2.09. The Morgan fingerprint density at radius 1 is 1.35 bits per heavy atom. The van der Waals surface area contributed by atoms with Crippen LogP contribution in [0.2, 0.25) is 0 Å². The van der Waals surface area contributed by atoms with Crippen LogP contribution >= 0.6 is 11.3 Å². The van der Waals surface area contributed by atoms with Crippen LogP contribution in [0.3, 0.4) is 0 Å². The van der Waals surface area contributed by atoms with Gasteiger partial charge in [0.1, 0.15) is 12.4 Å². The number of carbonyl (C=O) groups is 2. The molecule has 0 fully saturated rings. The Balaban J connectivity index is 2.13. The molecule has 0 radical (unpaired) electrons. The summed E-state index contributed by atoms with van der Waals surface area (Å²) >= 11 is 1.12.